The molecule has 3 rings (SSSR count). The third-order valence-corrected chi connectivity index (χ3v) is 3.87. The predicted molar refractivity (Wildman–Crippen MR) is 70.1 cm³/mol. The second-order valence-corrected chi connectivity index (χ2v) is 5.11. The van der Waals surface area contributed by atoms with Crippen molar-refractivity contribution in [1.29, 1.82) is 5.26 Å². The molecule has 0 spiro atoms. The molecular formula is C14H17N3O. The van der Waals surface area contributed by atoms with E-state index in [1.807, 2.05) is 18.2 Å². The first kappa shape index (κ1) is 11.4. The van der Waals surface area contributed by atoms with Crippen LogP contribution in [0.15, 0.2) is 18.2 Å². The van der Waals surface area contributed by atoms with Gasteiger partial charge in [-0.05, 0) is 43.0 Å². The van der Waals surface area contributed by atoms with Gasteiger partial charge in [-0.25, -0.2) is 0 Å². The second kappa shape index (κ2) is 4.51. The molecule has 18 heavy (non-hydrogen) atoms. The Morgan fingerprint density at radius 3 is 3.00 bits per heavy atom. The smallest absolute Gasteiger partial charge is 0.0781 e. The van der Waals surface area contributed by atoms with Crippen LogP contribution in [0, 0.1) is 11.3 Å². The zero-order chi connectivity index (χ0) is 12.5. The lowest BCUT2D eigenvalue weighted by Gasteiger charge is -2.21. The van der Waals surface area contributed by atoms with Crippen molar-refractivity contribution in [3.05, 3.63) is 23.8 Å². The molecule has 4 heteroatoms. The number of anilines is 2. The van der Waals surface area contributed by atoms with Crippen LogP contribution in [0.2, 0.25) is 0 Å². The topological polar surface area (TPSA) is 71.1 Å². The molecule has 0 saturated carbocycles. The summed E-state index contributed by atoms with van der Waals surface area (Å²) >= 11 is 0. The van der Waals surface area contributed by atoms with E-state index in [9.17, 15) is 0 Å². The highest BCUT2D eigenvalue weighted by atomic mass is 16.5. The number of nitrogens with two attached hydrogens (primary N) is 1. The van der Waals surface area contributed by atoms with Gasteiger partial charge in [0.25, 0.3) is 0 Å². The summed E-state index contributed by atoms with van der Waals surface area (Å²) in [5, 5.41) is 12.3. The number of ether oxygens (including phenoxy) is 1. The zero-order valence-electron chi connectivity index (χ0n) is 10.2. The summed E-state index contributed by atoms with van der Waals surface area (Å²) in [6.45, 7) is 0. The SMILES string of the molecule is N#CCc1cc(NC2CC3CCC2O3)ccc1N. The Bertz CT molecular complexity index is 494. The fourth-order valence-corrected chi connectivity index (χ4v) is 2.94. The van der Waals surface area contributed by atoms with Crippen LogP contribution in [0.4, 0.5) is 11.4 Å². The molecule has 1 aromatic rings. The van der Waals surface area contributed by atoms with Crippen molar-refractivity contribution in [2.75, 3.05) is 11.1 Å². The van der Waals surface area contributed by atoms with Gasteiger partial charge in [-0.1, -0.05) is 0 Å². The summed E-state index contributed by atoms with van der Waals surface area (Å²) in [4.78, 5) is 0. The van der Waals surface area contributed by atoms with Crippen molar-refractivity contribution in [3.63, 3.8) is 0 Å². The number of nitrogen functional groups attached to an aromatic ring is 1. The van der Waals surface area contributed by atoms with Crippen LogP contribution in [0.5, 0.6) is 0 Å². The van der Waals surface area contributed by atoms with Gasteiger partial charge in [-0.3, -0.25) is 0 Å². The molecule has 0 aromatic heterocycles. The Balaban J connectivity index is 1.73. The second-order valence-electron chi connectivity index (χ2n) is 5.11. The summed E-state index contributed by atoms with van der Waals surface area (Å²) in [5.41, 5.74) is 8.46. The van der Waals surface area contributed by atoms with Gasteiger partial charge >= 0.3 is 0 Å². The van der Waals surface area contributed by atoms with Crippen molar-refractivity contribution in [1.82, 2.24) is 0 Å². The van der Waals surface area contributed by atoms with Crippen LogP contribution in [0.3, 0.4) is 0 Å². The van der Waals surface area contributed by atoms with Crippen molar-refractivity contribution in [2.24, 2.45) is 0 Å². The highest BCUT2D eigenvalue weighted by molar-refractivity contribution is 5.58. The molecule has 0 aliphatic carbocycles. The monoisotopic (exact) mass is 243 g/mol. The van der Waals surface area contributed by atoms with Crippen molar-refractivity contribution in [2.45, 2.75) is 43.9 Å². The molecular weight excluding hydrogens is 226 g/mol. The van der Waals surface area contributed by atoms with E-state index >= 15 is 0 Å². The number of hydrogen-bond acceptors (Lipinski definition) is 4. The zero-order valence-corrected chi connectivity index (χ0v) is 10.2. The Morgan fingerprint density at radius 2 is 2.33 bits per heavy atom. The van der Waals surface area contributed by atoms with E-state index in [-0.39, 0.29) is 0 Å². The molecule has 4 nitrogen and oxygen atoms in total. The van der Waals surface area contributed by atoms with E-state index in [2.05, 4.69) is 11.4 Å². The standard InChI is InChI=1S/C14H17N3O/c15-6-5-9-7-10(1-3-12(9)16)17-13-8-11-2-4-14(13)18-11/h1,3,7,11,13-14,17H,2,4-5,8,16H2. The average molecular weight is 243 g/mol. The summed E-state index contributed by atoms with van der Waals surface area (Å²) < 4.78 is 5.82. The molecule has 3 unspecified atom stereocenters. The maximum absolute atomic E-state index is 8.76. The molecule has 2 fully saturated rings. The minimum atomic E-state index is 0.354. The Hall–Kier alpha value is -1.73. The van der Waals surface area contributed by atoms with E-state index in [0.717, 1.165) is 24.1 Å². The number of hydrogen-bond donors (Lipinski definition) is 2. The predicted octanol–water partition coefficient (Wildman–Crippen LogP) is 2.07. The lowest BCUT2D eigenvalue weighted by Crippen LogP contribution is -2.30. The highest BCUT2D eigenvalue weighted by Crippen LogP contribution is 2.36. The normalized spacial score (nSPS) is 29.2. The maximum Gasteiger partial charge on any atom is 0.0781 e. The maximum atomic E-state index is 8.76. The van der Waals surface area contributed by atoms with Crippen molar-refractivity contribution in [3.8, 4) is 6.07 Å². The number of nitrogens with one attached hydrogen (secondary N) is 1. The average Bonchev–Trinajstić information content (AvgIpc) is 2.96. The van der Waals surface area contributed by atoms with Gasteiger partial charge in [0.15, 0.2) is 0 Å². The van der Waals surface area contributed by atoms with Crippen molar-refractivity contribution < 1.29 is 4.74 Å². The molecule has 94 valence electrons. The van der Waals surface area contributed by atoms with Gasteiger partial charge in [-0.15, -0.1) is 0 Å². The van der Waals surface area contributed by atoms with Crippen LogP contribution in [0.25, 0.3) is 0 Å². The van der Waals surface area contributed by atoms with Gasteiger partial charge < -0.3 is 15.8 Å². The Morgan fingerprint density at radius 1 is 1.44 bits per heavy atom. The van der Waals surface area contributed by atoms with E-state index in [1.165, 1.54) is 6.42 Å². The van der Waals surface area contributed by atoms with E-state index < -0.39 is 0 Å². The molecule has 0 amide bonds. The summed E-state index contributed by atoms with van der Waals surface area (Å²) in [6.07, 6.45) is 4.59. The molecule has 3 N–H and O–H groups in total. The van der Waals surface area contributed by atoms with Crippen LogP contribution in [-0.4, -0.2) is 18.2 Å². The quantitative estimate of drug-likeness (QED) is 0.797. The largest absolute Gasteiger partial charge is 0.398 e. The number of rotatable bonds is 3. The molecule has 2 heterocycles. The van der Waals surface area contributed by atoms with Crippen molar-refractivity contribution >= 4 is 11.4 Å². The van der Waals surface area contributed by atoms with Gasteiger partial charge in [0.2, 0.25) is 0 Å². The first-order valence-electron chi connectivity index (χ1n) is 6.43. The molecule has 2 aliphatic heterocycles. The minimum Gasteiger partial charge on any atom is -0.398 e. The Kier molecular flexibility index (Phi) is 2.85. The first-order valence-corrected chi connectivity index (χ1v) is 6.43. The summed E-state index contributed by atoms with van der Waals surface area (Å²) in [6, 6.07) is 8.36. The summed E-state index contributed by atoms with van der Waals surface area (Å²) in [5.74, 6) is 0. The Labute approximate surface area is 107 Å². The van der Waals surface area contributed by atoms with Gasteiger partial charge in [0, 0.05) is 11.4 Å². The van der Waals surface area contributed by atoms with Gasteiger partial charge in [0.05, 0.1) is 30.7 Å². The van der Waals surface area contributed by atoms with E-state index in [4.69, 9.17) is 15.7 Å². The fraction of sp³-hybridized carbons (Fsp3) is 0.500. The van der Waals surface area contributed by atoms with Crippen LogP contribution < -0.4 is 11.1 Å². The molecule has 2 saturated heterocycles. The van der Waals surface area contributed by atoms with Crippen LogP contribution in [-0.2, 0) is 11.2 Å². The fourth-order valence-electron chi connectivity index (χ4n) is 2.94. The highest BCUT2D eigenvalue weighted by Gasteiger charge is 2.40. The molecule has 3 atom stereocenters. The number of fused-ring (bicyclic) bond motifs is 2. The lowest BCUT2D eigenvalue weighted by molar-refractivity contribution is 0.102. The van der Waals surface area contributed by atoms with Crippen LogP contribution >= 0.6 is 0 Å². The molecule has 1 aromatic carbocycles. The molecule has 2 bridgehead atoms. The first-order chi connectivity index (χ1) is 8.76. The van der Waals surface area contributed by atoms with Gasteiger partial charge in [0.1, 0.15) is 0 Å². The third-order valence-electron chi connectivity index (χ3n) is 3.87. The number of nitrogens with zero attached hydrogens (tertiary/aromatic N) is 1. The molecule has 0 radical (unpaired) electrons. The molecule has 2 aliphatic rings. The van der Waals surface area contributed by atoms with Crippen LogP contribution in [0.1, 0.15) is 24.8 Å². The summed E-state index contributed by atoms with van der Waals surface area (Å²) in [7, 11) is 0. The lowest BCUT2D eigenvalue weighted by atomic mass is 9.95. The van der Waals surface area contributed by atoms with E-state index in [1.54, 1.807) is 0 Å². The number of nitriles is 1. The van der Waals surface area contributed by atoms with Gasteiger partial charge in [-0.2, -0.15) is 5.26 Å². The third kappa shape index (κ3) is 2.02. The van der Waals surface area contributed by atoms with E-state index in [0.29, 0.717) is 30.4 Å². The minimum absolute atomic E-state index is 0.354. The number of benzene rings is 1.